The molecule has 2 heterocycles. The van der Waals surface area contributed by atoms with Gasteiger partial charge in [0.15, 0.2) is 12.3 Å². The number of esters is 2. The Balaban J connectivity index is 1.58. The molecule has 2 aromatic rings. The molecule has 2 aliphatic rings. The summed E-state index contributed by atoms with van der Waals surface area (Å²) in [5.74, 6) is -1.65. The van der Waals surface area contributed by atoms with Crippen LogP contribution in [0.1, 0.15) is 34.1 Å². The smallest absolute Gasteiger partial charge is 0.338 e. The Bertz CT molecular complexity index is 1150. The van der Waals surface area contributed by atoms with Gasteiger partial charge in [-0.1, -0.05) is 36.4 Å². The minimum atomic E-state index is -0.963. The quantitative estimate of drug-likeness (QED) is 0.508. The summed E-state index contributed by atoms with van der Waals surface area (Å²) in [4.78, 5) is 51.0. The minimum absolute atomic E-state index is 0.0223. The van der Waals surface area contributed by atoms with Crippen LogP contribution in [0.2, 0.25) is 0 Å². The van der Waals surface area contributed by atoms with Crippen molar-refractivity contribution < 1.29 is 38.1 Å². The van der Waals surface area contributed by atoms with Gasteiger partial charge in [-0.2, -0.15) is 0 Å². The number of rotatable bonds is 9. The second-order valence-corrected chi connectivity index (χ2v) is 8.66. The molecule has 0 saturated carbocycles. The van der Waals surface area contributed by atoms with Gasteiger partial charge in [0.1, 0.15) is 30.8 Å². The zero-order valence-electron chi connectivity index (χ0n) is 20.4. The van der Waals surface area contributed by atoms with Gasteiger partial charge in [0, 0.05) is 25.8 Å². The molecule has 0 spiro atoms. The summed E-state index contributed by atoms with van der Waals surface area (Å²) in [6, 6.07) is 16.9. The number of ether oxygens (including phenoxy) is 4. The van der Waals surface area contributed by atoms with Crippen molar-refractivity contribution in [3.63, 3.8) is 0 Å². The van der Waals surface area contributed by atoms with E-state index in [1.54, 1.807) is 65.6 Å². The van der Waals surface area contributed by atoms with Gasteiger partial charge < -0.3 is 29.2 Å². The minimum Gasteiger partial charge on any atom is -0.459 e. The largest absolute Gasteiger partial charge is 0.459 e. The fourth-order valence-corrected chi connectivity index (χ4v) is 4.29. The average molecular weight is 509 g/mol. The number of hydrogen-bond donors (Lipinski definition) is 1. The van der Waals surface area contributed by atoms with Crippen LogP contribution in [-0.2, 0) is 28.5 Å². The summed E-state index contributed by atoms with van der Waals surface area (Å²) in [6.45, 7) is 1.19. The van der Waals surface area contributed by atoms with Crippen molar-refractivity contribution >= 4 is 23.6 Å². The van der Waals surface area contributed by atoms with Crippen molar-refractivity contribution in [1.82, 2.24) is 10.2 Å². The van der Waals surface area contributed by atoms with Crippen LogP contribution in [0.4, 0.5) is 0 Å². The standard InChI is InChI=1S/C27H28N2O8/c1-17(30)15-21-28-22(31)13-14-29(21)25-24(34-2)23(37-27(33)19-11-7-4-8-12-19)20(36-25)16-35-26(32)18-9-5-3-6-10-18/h3-14,20-21,23-25H,15-16H2,1-2H3,(H,28,31)/t20-,21?,23+,24+,25-/m1/s1. The van der Waals surface area contributed by atoms with Crippen molar-refractivity contribution in [3.8, 4) is 0 Å². The maximum Gasteiger partial charge on any atom is 0.338 e. The van der Waals surface area contributed by atoms with Crippen molar-refractivity contribution in [1.29, 1.82) is 0 Å². The summed E-state index contributed by atoms with van der Waals surface area (Å²) in [6.07, 6.45) is -1.40. The van der Waals surface area contributed by atoms with E-state index in [0.717, 1.165) is 0 Å². The van der Waals surface area contributed by atoms with Gasteiger partial charge in [-0.15, -0.1) is 0 Å². The molecule has 5 atom stereocenters. The zero-order chi connectivity index (χ0) is 26.4. The molecule has 194 valence electrons. The molecule has 37 heavy (non-hydrogen) atoms. The van der Waals surface area contributed by atoms with E-state index in [1.165, 1.54) is 26.3 Å². The number of Topliss-reactive ketones (excluding diaryl/α,β-unsaturated/α-hetero) is 1. The Morgan fingerprint density at radius 1 is 0.946 bits per heavy atom. The first-order valence-corrected chi connectivity index (χ1v) is 11.8. The molecular formula is C27H28N2O8. The Morgan fingerprint density at radius 2 is 1.57 bits per heavy atom. The monoisotopic (exact) mass is 508 g/mol. The summed E-state index contributed by atoms with van der Waals surface area (Å²) >= 11 is 0. The third kappa shape index (κ3) is 6.22. The van der Waals surface area contributed by atoms with Gasteiger partial charge >= 0.3 is 11.9 Å². The van der Waals surface area contributed by atoms with Gasteiger partial charge in [0.05, 0.1) is 11.1 Å². The van der Waals surface area contributed by atoms with E-state index in [0.29, 0.717) is 11.1 Å². The van der Waals surface area contributed by atoms with Crippen molar-refractivity contribution in [3.05, 3.63) is 84.1 Å². The summed E-state index contributed by atoms with van der Waals surface area (Å²) in [5, 5.41) is 2.74. The summed E-state index contributed by atoms with van der Waals surface area (Å²) < 4.78 is 23.3. The zero-order valence-corrected chi connectivity index (χ0v) is 20.4. The highest BCUT2D eigenvalue weighted by Crippen LogP contribution is 2.32. The lowest BCUT2D eigenvalue weighted by atomic mass is 10.1. The highest BCUT2D eigenvalue weighted by atomic mass is 16.6. The van der Waals surface area contributed by atoms with E-state index in [9.17, 15) is 19.2 Å². The predicted octanol–water partition coefficient (Wildman–Crippen LogP) is 2.06. The maximum atomic E-state index is 12.9. The van der Waals surface area contributed by atoms with Crippen LogP contribution in [0.15, 0.2) is 72.9 Å². The third-order valence-electron chi connectivity index (χ3n) is 6.04. The second kappa shape index (κ2) is 11.8. The average Bonchev–Trinajstić information content (AvgIpc) is 3.24. The molecule has 2 aliphatic heterocycles. The lowest BCUT2D eigenvalue weighted by Gasteiger charge is -2.39. The van der Waals surface area contributed by atoms with Gasteiger partial charge in [0.25, 0.3) is 0 Å². The molecule has 1 amide bonds. The number of ketones is 1. The molecule has 1 N–H and O–H groups in total. The predicted molar refractivity (Wildman–Crippen MR) is 130 cm³/mol. The number of amides is 1. The highest BCUT2D eigenvalue weighted by molar-refractivity contribution is 5.90. The van der Waals surface area contributed by atoms with E-state index >= 15 is 0 Å². The lowest BCUT2D eigenvalue weighted by Crippen LogP contribution is -2.56. The van der Waals surface area contributed by atoms with E-state index < -0.39 is 42.6 Å². The highest BCUT2D eigenvalue weighted by Gasteiger charge is 2.51. The fraction of sp³-hybridized carbons (Fsp3) is 0.333. The van der Waals surface area contributed by atoms with Gasteiger partial charge in [0.2, 0.25) is 5.91 Å². The molecule has 0 radical (unpaired) electrons. The van der Waals surface area contributed by atoms with Crippen LogP contribution in [0.3, 0.4) is 0 Å². The number of carbonyl (C=O) groups excluding carboxylic acids is 4. The number of methoxy groups -OCH3 is 1. The Morgan fingerprint density at radius 3 is 2.16 bits per heavy atom. The maximum absolute atomic E-state index is 12.9. The molecule has 0 aliphatic carbocycles. The molecule has 4 rings (SSSR count). The first-order chi connectivity index (χ1) is 17.9. The normalized spacial score (nSPS) is 24.9. The van der Waals surface area contributed by atoms with Gasteiger partial charge in [-0.3, -0.25) is 9.59 Å². The molecule has 1 saturated heterocycles. The number of carbonyl (C=O) groups is 4. The SMILES string of the molecule is CO[C@H]1[C@@H](OC(=O)c2ccccc2)[C@@H](COC(=O)c2ccccc2)O[C@H]1N1C=CC(=O)NC1CC(C)=O. The van der Waals surface area contributed by atoms with Crippen LogP contribution in [0.5, 0.6) is 0 Å². The molecule has 1 fully saturated rings. The molecule has 2 aromatic carbocycles. The van der Waals surface area contributed by atoms with E-state index in [-0.39, 0.29) is 24.7 Å². The number of hydrogen-bond acceptors (Lipinski definition) is 9. The van der Waals surface area contributed by atoms with Crippen LogP contribution in [0, 0.1) is 0 Å². The molecular weight excluding hydrogens is 480 g/mol. The molecule has 0 aromatic heterocycles. The van der Waals surface area contributed by atoms with E-state index in [2.05, 4.69) is 5.32 Å². The molecule has 0 bridgehead atoms. The van der Waals surface area contributed by atoms with Crippen molar-refractivity contribution in [2.45, 2.75) is 44.1 Å². The fourth-order valence-electron chi connectivity index (χ4n) is 4.29. The van der Waals surface area contributed by atoms with Gasteiger partial charge in [-0.05, 0) is 31.2 Å². The Kier molecular flexibility index (Phi) is 8.32. The number of nitrogens with one attached hydrogen (secondary N) is 1. The lowest BCUT2D eigenvalue weighted by molar-refractivity contribution is -0.132. The van der Waals surface area contributed by atoms with Crippen molar-refractivity contribution in [2.24, 2.45) is 0 Å². The summed E-state index contributed by atoms with van der Waals surface area (Å²) in [7, 11) is 1.44. The van der Waals surface area contributed by atoms with Crippen LogP contribution < -0.4 is 5.32 Å². The number of nitrogens with zero attached hydrogens (tertiary/aromatic N) is 1. The van der Waals surface area contributed by atoms with E-state index in [4.69, 9.17) is 18.9 Å². The molecule has 10 nitrogen and oxygen atoms in total. The summed E-state index contributed by atoms with van der Waals surface area (Å²) in [5.41, 5.74) is 0.696. The molecule has 1 unspecified atom stereocenters. The number of benzene rings is 2. The Hall–Kier alpha value is -4.02. The molecule has 10 heteroatoms. The first-order valence-electron chi connectivity index (χ1n) is 11.8. The van der Waals surface area contributed by atoms with Crippen LogP contribution in [0.25, 0.3) is 0 Å². The second-order valence-electron chi connectivity index (χ2n) is 8.66. The topological polar surface area (TPSA) is 120 Å². The van der Waals surface area contributed by atoms with Gasteiger partial charge in [-0.25, -0.2) is 9.59 Å². The van der Waals surface area contributed by atoms with Crippen LogP contribution >= 0.6 is 0 Å². The van der Waals surface area contributed by atoms with Crippen LogP contribution in [-0.4, -0.2) is 73.0 Å². The van der Waals surface area contributed by atoms with Crippen molar-refractivity contribution in [2.75, 3.05) is 13.7 Å². The van der Waals surface area contributed by atoms with E-state index in [1.807, 2.05) is 0 Å². The third-order valence-corrected chi connectivity index (χ3v) is 6.04. The first kappa shape index (κ1) is 26.1. The Labute approximate surface area is 214 Å².